The van der Waals surface area contributed by atoms with Gasteiger partial charge < -0.3 is 14.4 Å². The monoisotopic (exact) mass is 358 g/mol. The summed E-state index contributed by atoms with van der Waals surface area (Å²) >= 11 is 0. The second-order valence-electron chi connectivity index (χ2n) is 8.17. The first-order chi connectivity index (χ1) is 12.6. The Balaban J connectivity index is 1.62. The summed E-state index contributed by atoms with van der Waals surface area (Å²) in [6, 6.07) is 0. The lowest BCUT2D eigenvalue weighted by Crippen LogP contribution is -2.39. The maximum Gasteiger partial charge on any atom is 0.289 e. The van der Waals surface area contributed by atoms with Gasteiger partial charge in [-0.15, -0.1) is 0 Å². The van der Waals surface area contributed by atoms with Gasteiger partial charge in [-0.3, -0.25) is 9.59 Å². The molecule has 6 nitrogen and oxygen atoms in total. The first-order valence-corrected chi connectivity index (χ1v) is 10.3. The first-order valence-electron chi connectivity index (χ1n) is 10.3. The van der Waals surface area contributed by atoms with Gasteiger partial charge in [-0.05, 0) is 57.3 Å². The van der Waals surface area contributed by atoms with Crippen LogP contribution in [0.4, 0.5) is 0 Å². The zero-order valence-electron chi connectivity index (χ0n) is 15.9. The Morgan fingerprint density at radius 3 is 2.23 bits per heavy atom. The maximum absolute atomic E-state index is 13.1. The predicted octanol–water partition coefficient (Wildman–Crippen LogP) is 2.72. The van der Waals surface area contributed by atoms with Crippen molar-refractivity contribution >= 4 is 11.8 Å². The lowest BCUT2D eigenvalue weighted by atomic mass is 9.99. The molecular weight excluding hydrogens is 328 g/mol. The minimum absolute atomic E-state index is 0.0118. The molecule has 2 fully saturated rings. The average molecular weight is 358 g/mol. The van der Waals surface area contributed by atoms with Crippen LogP contribution in [0.5, 0.6) is 0 Å². The molecule has 1 aromatic rings. The summed E-state index contributed by atoms with van der Waals surface area (Å²) in [5.41, 5.74) is 1.53. The highest BCUT2D eigenvalue weighted by atomic mass is 16.2. The van der Waals surface area contributed by atoms with Crippen LogP contribution in [0.15, 0.2) is 0 Å². The lowest BCUT2D eigenvalue weighted by Gasteiger charge is -2.30. The second-order valence-corrected chi connectivity index (χ2v) is 8.17. The van der Waals surface area contributed by atoms with Gasteiger partial charge in [-0.1, -0.05) is 6.92 Å². The molecule has 0 aromatic carbocycles. The number of hydrogen-bond acceptors (Lipinski definition) is 3. The predicted molar refractivity (Wildman–Crippen MR) is 99.2 cm³/mol. The molecule has 4 heterocycles. The highest BCUT2D eigenvalue weighted by Gasteiger charge is 2.32. The molecule has 0 aliphatic carbocycles. The van der Waals surface area contributed by atoms with Crippen LogP contribution in [0.1, 0.15) is 78.7 Å². The fourth-order valence-corrected chi connectivity index (χ4v) is 4.48. The summed E-state index contributed by atoms with van der Waals surface area (Å²) < 4.78 is 2.04. The molecule has 1 aromatic heterocycles. The number of hydrogen-bond donors (Lipinski definition) is 0. The lowest BCUT2D eigenvalue weighted by molar-refractivity contribution is 0.0678. The molecule has 2 saturated heterocycles. The molecule has 26 heavy (non-hydrogen) atoms. The quantitative estimate of drug-likeness (QED) is 0.817. The number of rotatable bonds is 2. The zero-order valence-corrected chi connectivity index (χ0v) is 15.9. The minimum atomic E-state index is 0.0118. The Bertz CT molecular complexity index is 682. The van der Waals surface area contributed by atoms with Gasteiger partial charge in [-0.2, -0.15) is 0 Å². The molecule has 0 saturated carbocycles. The van der Waals surface area contributed by atoms with Crippen molar-refractivity contribution in [1.29, 1.82) is 0 Å². The van der Waals surface area contributed by atoms with Crippen molar-refractivity contribution in [3.8, 4) is 0 Å². The van der Waals surface area contributed by atoms with Gasteiger partial charge in [0, 0.05) is 32.7 Å². The van der Waals surface area contributed by atoms with E-state index in [2.05, 4.69) is 11.9 Å². The van der Waals surface area contributed by atoms with Crippen LogP contribution >= 0.6 is 0 Å². The molecule has 3 aliphatic rings. The minimum Gasteiger partial charge on any atom is -0.337 e. The van der Waals surface area contributed by atoms with E-state index in [0.717, 1.165) is 83.4 Å². The van der Waals surface area contributed by atoms with Crippen molar-refractivity contribution in [2.75, 3.05) is 26.2 Å². The molecule has 0 unspecified atom stereocenters. The summed E-state index contributed by atoms with van der Waals surface area (Å²) in [6.45, 7) is 6.29. The smallest absolute Gasteiger partial charge is 0.289 e. The normalized spacial score (nSPS) is 21.6. The van der Waals surface area contributed by atoms with Crippen LogP contribution in [0.3, 0.4) is 0 Å². The van der Waals surface area contributed by atoms with Crippen LogP contribution in [0.2, 0.25) is 0 Å². The van der Waals surface area contributed by atoms with Gasteiger partial charge in [0.05, 0.1) is 5.69 Å². The number of aromatic nitrogens is 2. The molecule has 4 rings (SSSR count). The fourth-order valence-electron chi connectivity index (χ4n) is 4.48. The van der Waals surface area contributed by atoms with Crippen LogP contribution in [0.25, 0.3) is 0 Å². The summed E-state index contributed by atoms with van der Waals surface area (Å²) in [7, 11) is 0. The number of fused-ring (bicyclic) bond motifs is 1. The number of carbonyl (C=O) groups excluding carboxylic acids is 2. The van der Waals surface area contributed by atoms with E-state index in [1.165, 1.54) is 6.42 Å². The third-order valence-corrected chi connectivity index (χ3v) is 6.23. The Hall–Kier alpha value is -1.85. The summed E-state index contributed by atoms with van der Waals surface area (Å²) in [5, 5.41) is 0. The van der Waals surface area contributed by atoms with Crippen molar-refractivity contribution in [2.24, 2.45) is 5.92 Å². The summed E-state index contributed by atoms with van der Waals surface area (Å²) in [6.07, 6.45) is 8.42. The summed E-state index contributed by atoms with van der Waals surface area (Å²) in [4.78, 5) is 34.7. The third-order valence-electron chi connectivity index (χ3n) is 6.23. The number of amides is 2. The molecule has 0 N–H and O–H groups in total. The Morgan fingerprint density at radius 2 is 1.50 bits per heavy atom. The van der Waals surface area contributed by atoms with Crippen molar-refractivity contribution in [3.63, 3.8) is 0 Å². The highest BCUT2D eigenvalue weighted by molar-refractivity contribution is 5.97. The average Bonchev–Trinajstić information content (AvgIpc) is 3.08. The zero-order chi connectivity index (χ0) is 18.1. The topological polar surface area (TPSA) is 58.4 Å². The van der Waals surface area contributed by atoms with Gasteiger partial charge in [0.15, 0.2) is 5.82 Å². The molecular formula is C20H30N4O2. The van der Waals surface area contributed by atoms with E-state index < -0.39 is 0 Å². The van der Waals surface area contributed by atoms with E-state index in [-0.39, 0.29) is 11.8 Å². The van der Waals surface area contributed by atoms with Gasteiger partial charge in [0.25, 0.3) is 11.8 Å². The number of carbonyl (C=O) groups is 2. The third kappa shape index (κ3) is 3.26. The van der Waals surface area contributed by atoms with Crippen LogP contribution in [0, 0.1) is 5.92 Å². The Kier molecular flexibility index (Phi) is 5.00. The summed E-state index contributed by atoms with van der Waals surface area (Å²) in [5.74, 6) is 1.22. The van der Waals surface area contributed by atoms with Gasteiger partial charge in [0.1, 0.15) is 5.69 Å². The highest BCUT2D eigenvalue weighted by Crippen LogP contribution is 2.25. The standard InChI is InChI=1S/C20H30N4O2/c1-15-8-13-23(14-9-15)20(26)18-21-17(16-7-3-6-12-24(16)18)19(25)22-10-4-2-5-11-22/h15H,2-14H2,1H3. The number of imidazole rings is 1. The molecule has 0 spiro atoms. The Morgan fingerprint density at radius 1 is 0.846 bits per heavy atom. The van der Waals surface area contributed by atoms with Crippen molar-refractivity contribution < 1.29 is 9.59 Å². The molecule has 0 bridgehead atoms. The Labute approximate surface area is 155 Å². The van der Waals surface area contributed by atoms with E-state index in [0.29, 0.717) is 17.4 Å². The van der Waals surface area contributed by atoms with Crippen LogP contribution in [-0.4, -0.2) is 57.3 Å². The van der Waals surface area contributed by atoms with Crippen LogP contribution in [-0.2, 0) is 13.0 Å². The molecule has 6 heteroatoms. The van der Waals surface area contributed by atoms with E-state index in [1.54, 1.807) is 0 Å². The van der Waals surface area contributed by atoms with E-state index in [9.17, 15) is 9.59 Å². The number of nitrogens with zero attached hydrogens (tertiary/aromatic N) is 4. The number of piperidine rings is 2. The van der Waals surface area contributed by atoms with Gasteiger partial charge in [0.2, 0.25) is 0 Å². The fraction of sp³-hybridized carbons (Fsp3) is 0.750. The van der Waals surface area contributed by atoms with Crippen molar-refractivity contribution in [1.82, 2.24) is 19.4 Å². The van der Waals surface area contributed by atoms with E-state index >= 15 is 0 Å². The second kappa shape index (κ2) is 7.41. The molecule has 0 radical (unpaired) electrons. The molecule has 2 amide bonds. The van der Waals surface area contributed by atoms with Crippen molar-refractivity contribution in [2.45, 2.75) is 64.8 Å². The number of likely N-dealkylation sites (tertiary alicyclic amines) is 2. The molecule has 142 valence electrons. The first kappa shape index (κ1) is 17.6. The van der Waals surface area contributed by atoms with E-state index in [1.807, 2.05) is 14.4 Å². The SMILES string of the molecule is CC1CCN(C(=O)c2nc(C(=O)N3CCCCC3)c3n2CCCC3)CC1. The molecule has 3 aliphatic heterocycles. The van der Waals surface area contributed by atoms with Crippen molar-refractivity contribution in [3.05, 3.63) is 17.2 Å². The molecule has 0 atom stereocenters. The van der Waals surface area contributed by atoms with E-state index in [4.69, 9.17) is 0 Å². The van der Waals surface area contributed by atoms with Gasteiger partial charge >= 0.3 is 0 Å². The maximum atomic E-state index is 13.1. The van der Waals surface area contributed by atoms with Gasteiger partial charge in [-0.25, -0.2) is 4.98 Å². The largest absolute Gasteiger partial charge is 0.337 e. The van der Waals surface area contributed by atoms with Crippen LogP contribution < -0.4 is 0 Å².